The zero-order valence-corrected chi connectivity index (χ0v) is 12.7. The van der Waals surface area contributed by atoms with Crippen LogP contribution in [0.25, 0.3) is 11.3 Å². The van der Waals surface area contributed by atoms with Crippen LogP contribution in [0.4, 0.5) is 5.13 Å². The number of aryl methyl sites for hydroxylation is 2. The molecule has 1 N–H and O–H groups in total. The van der Waals surface area contributed by atoms with Crippen LogP contribution in [0.1, 0.15) is 18.1 Å². The van der Waals surface area contributed by atoms with Gasteiger partial charge in [-0.1, -0.05) is 17.7 Å². The maximum absolute atomic E-state index is 5.12. The van der Waals surface area contributed by atoms with Crippen molar-refractivity contribution in [2.24, 2.45) is 0 Å². The van der Waals surface area contributed by atoms with E-state index in [-0.39, 0.29) is 6.04 Å². The molecule has 3 nitrogen and oxygen atoms in total. The molecule has 0 radical (unpaired) electrons. The van der Waals surface area contributed by atoms with Gasteiger partial charge in [-0.05, 0) is 32.4 Å². The molecule has 0 spiro atoms. The minimum absolute atomic E-state index is 0.266. The molecule has 2 aromatic rings. The number of anilines is 1. The highest BCUT2D eigenvalue weighted by Crippen LogP contribution is 2.28. The number of nitrogens with zero attached hydrogens (tertiary/aromatic N) is 1. The van der Waals surface area contributed by atoms with Gasteiger partial charge in [-0.2, -0.15) is 0 Å². The maximum atomic E-state index is 5.12. The molecule has 19 heavy (non-hydrogen) atoms. The summed E-state index contributed by atoms with van der Waals surface area (Å²) in [5.74, 6) is 0. The summed E-state index contributed by atoms with van der Waals surface area (Å²) in [6.07, 6.45) is 0. The van der Waals surface area contributed by atoms with Gasteiger partial charge in [0, 0.05) is 24.1 Å². The van der Waals surface area contributed by atoms with E-state index in [2.05, 4.69) is 54.7 Å². The third-order valence-electron chi connectivity index (χ3n) is 2.96. The van der Waals surface area contributed by atoms with Crippen molar-refractivity contribution in [1.82, 2.24) is 4.98 Å². The normalized spacial score (nSPS) is 12.4. The van der Waals surface area contributed by atoms with Gasteiger partial charge in [-0.15, -0.1) is 11.3 Å². The smallest absolute Gasteiger partial charge is 0.183 e. The van der Waals surface area contributed by atoms with Crippen LogP contribution in [0.5, 0.6) is 0 Å². The first-order chi connectivity index (χ1) is 9.10. The lowest BCUT2D eigenvalue weighted by molar-refractivity contribution is 0.190. The third kappa shape index (κ3) is 3.55. The summed E-state index contributed by atoms with van der Waals surface area (Å²) >= 11 is 1.64. The number of thiazole rings is 1. The average molecular weight is 276 g/mol. The number of aromatic nitrogens is 1. The molecule has 1 atom stereocenters. The van der Waals surface area contributed by atoms with Gasteiger partial charge in [0.25, 0.3) is 0 Å². The van der Waals surface area contributed by atoms with Gasteiger partial charge in [-0.25, -0.2) is 4.98 Å². The summed E-state index contributed by atoms with van der Waals surface area (Å²) in [5, 5.41) is 6.40. The topological polar surface area (TPSA) is 34.1 Å². The number of ether oxygens (including phenoxy) is 1. The van der Waals surface area contributed by atoms with Crippen LogP contribution in [0.15, 0.2) is 23.6 Å². The molecule has 0 aliphatic heterocycles. The Hall–Kier alpha value is -1.39. The molecule has 1 aromatic carbocycles. The van der Waals surface area contributed by atoms with Gasteiger partial charge in [0.05, 0.1) is 12.3 Å². The molecule has 0 saturated heterocycles. The van der Waals surface area contributed by atoms with Gasteiger partial charge >= 0.3 is 0 Å². The Morgan fingerprint density at radius 1 is 1.37 bits per heavy atom. The fourth-order valence-electron chi connectivity index (χ4n) is 1.98. The van der Waals surface area contributed by atoms with E-state index in [0.717, 1.165) is 10.8 Å². The molecule has 2 rings (SSSR count). The SMILES string of the molecule is COC[C@H](C)Nc1nc(-c2cc(C)ccc2C)cs1. The van der Waals surface area contributed by atoms with Crippen molar-refractivity contribution in [2.75, 3.05) is 19.0 Å². The molecule has 0 fully saturated rings. The van der Waals surface area contributed by atoms with Crippen LogP contribution in [0.2, 0.25) is 0 Å². The standard InChI is InChI=1S/C15H20N2OS/c1-10-5-6-11(2)13(7-10)14-9-19-15(17-14)16-12(3)8-18-4/h5-7,9,12H,8H2,1-4H3,(H,16,17)/t12-/m0/s1. The molecule has 0 amide bonds. The van der Waals surface area contributed by atoms with Crippen LogP contribution in [-0.2, 0) is 4.74 Å². The molecule has 1 aromatic heterocycles. The molecule has 0 unspecified atom stereocenters. The first-order valence-corrected chi connectivity index (χ1v) is 7.26. The Kier molecular flexibility index (Phi) is 4.56. The van der Waals surface area contributed by atoms with Crippen molar-refractivity contribution >= 4 is 16.5 Å². The predicted molar refractivity (Wildman–Crippen MR) is 82.0 cm³/mol. The molecule has 0 aliphatic carbocycles. The highest BCUT2D eigenvalue weighted by Gasteiger charge is 2.09. The van der Waals surface area contributed by atoms with Crippen molar-refractivity contribution in [1.29, 1.82) is 0 Å². The van der Waals surface area contributed by atoms with Crippen molar-refractivity contribution in [2.45, 2.75) is 26.8 Å². The number of hydrogen-bond donors (Lipinski definition) is 1. The van der Waals surface area contributed by atoms with Crippen molar-refractivity contribution in [3.63, 3.8) is 0 Å². The van der Waals surface area contributed by atoms with Crippen LogP contribution >= 0.6 is 11.3 Å². The molecule has 102 valence electrons. The van der Waals surface area contributed by atoms with E-state index < -0.39 is 0 Å². The zero-order valence-electron chi connectivity index (χ0n) is 11.9. The molecular formula is C15H20N2OS. The molecule has 0 bridgehead atoms. The van der Waals surface area contributed by atoms with Crippen LogP contribution < -0.4 is 5.32 Å². The Bertz CT molecular complexity index is 551. The lowest BCUT2D eigenvalue weighted by Gasteiger charge is -2.10. The Morgan fingerprint density at radius 3 is 2.89 bits per heavy atom. The summed E-state index contributed by atoms with van der Waals surface area (Å²) in [6, 6.07) is 6.73. The fraction of sp³-hybridized carbons (Fsp3) is 0.400. The van der Waals surface area contributed by atoms with Gasteiger partial charge in [0.15, 0.2) is 5.13 Å². The predicted octanol–water partition coefficient (Wildman–Crippen LogP) is 3.87. The molecular weight excluding hydrogens is 256 g/mol. The van der Waals surface area contributed by atoms with Gasteiger partial charge in [-0.3, -0.25) is 0 Å². The highest BCUT2D eigenvalue weighted by atomic mass is 32.1. The second-order valence-corrected chi connectivity index (χ2v) is 5.72. The summed E-state index contributed by atoms with van der Waals surface area (Å²) in [6.45, 7) is 6.99. The van der Waals surface area contributed by atoms with Gasteiger partial charge < -0.3 is 10.1 Å². The van der Waals surface area contributed by atoms with Crippen LogP contribution in [-0.4, -0.2) is 24.7 Å². The van der Waals surface area contributed by atoms with Crippen LogP contribution in [0, 0.1) is 13.8 Å². The molecule has 0 saturated carbocycles. The van der Waals surface area contributed by atoms with E-state index in [1.165, 1.54) is 16.7 Å². The Labute approximate surface area is 118 Å². The highest BCUT2D eigenvalue weighted by molar-refractivity contribution is 7.14. The van der Waals surface area contributed by atoms with E-state index in [4.69, 9.17) is 4.74 Å². The lowest BCUT2D eigenvalue weighted by atomic mass is 10.0. The van der Waals surface area contributed by atoms with Crippen molar-refractivity contribution in [3.05, 3.63) is 34.7 Å². The number of methoxy groups -OCH3 is 1. The largest absolute Gasteiger partial charge is 0.383 e. The summed E-state index contributed by atoms with van der Waals surface area (Å²) in [7, 11) is 1.71. The zero-order chi connectivity index (χ0) is 13.8. The minimum Gasteiger partial charge on any atom is -0.383 e. The van der Waals surface area contributed by atoms with E-state index in [1.807, 2.05) is 0 Å². The lowest BCUT2D eigenvalue weighted by Crippen LogP contribution is -2.20. The molecule has 0 aliphatic rings. The van der Waals surface area contributed by atoms with Gasteiger partial charge in [0.2, 0.25) is 0 Å². The van der Waals surface area contributed by atoms with E-state index in [1.54, 1.807) is 18.4 Å². The number of benzene rings is 1. The fourth-order valence-corrected chi connectivity index (χ4v) is 2.80. The number of nitrogens with one attached hydrogen (secondary N) is 1. The quantitative estimate of drug-likeness (QED) is 0.900. The van der Waals surface area contributed by atoms with Crippen LogP contribution in [0.3, 0.4) is 0 Å². The van der Waals surface area contributed by atoms with E-state index in [0.29, 0.717) is 6.61 Å². The second-order valence-electron chi connectivity index (χ2n) is 4.86. The summed E-state index contributed by atoms with van der Waals surface area (Å²) in [5.41, 5.74) is 4.77. The molecule has 1 heterocycles. The average Bonchev–Trinajstić information content (AvgIpc) is 2.81. The Balaban J connectivity index is 2.18. The van der Waals surface area contributed by atoms with Gasteiger partial charge in [0.1, 0.15) is 0 Å². The van der Waals surface area contributed by atoms with Crippen molar-refractivity contribution in [3.8, 4) is 11.3 Å². The van der Waals surface area contributed by atoms with E-state index >= 15 is 0 Å². The second kappa shape index (κ2) is 6.17. The Morgan fingerprint density at radius 2 is 2.16 bits per heavy atom. The third-order valence-corrected chi connectivity index (χ3v) is 3.73. The monoisotopic (exact) mass is 276 g/mol. The number of hydrogen-bond acceptors (Lipinski definition) is 4. The first-order valence-electron chi connectivity index (χ1n) is 6.38. The van der Waals surface area contributed by atoms with Crippen molar-refractivity contribution < 1.29 is 4.74 Å². The summed E-state index contributed by atoms with van der Waals surface area (Å²) < 4.78 is 5.12. The molecule has 4 heteroatoms. The minimum atomic E-state index is 0.266. The number of rotatable bonds is 5. The summed E-state index contributed by atoms with van der Waals surface area (Å²) in [4.78, 5) is 4.66. The first kappa shape index (κ1) is 14.0. The van der Waals surface area contributed by atoms with E-state index in [9.17, 15) is 0 Å². The maximum Gasteiger partial charge on any atom is 0.183 e.